The van der Waals surface area contributed by atoms with Crippen molar-refractivity contribution in [1.29, 1.82) is 0 Å². The molecule has 2 fully saturated rings. The fourth-order valence-corrected chi connectivity index (χ4v) is 5.29. The van der Waals surface area contributed by atoms with E-state index in [2.05, 4.69) is 10.3 Å². The summed E-state index contributed by atoms with van der Waals surface area (Å²) in [6.07, 6.45) is 2.68. The third-order valence-electron chi connectivity index (χ3n) is 3.99. The van der Waals surface area contributed by atoms with E-state index in [0.717, 1.165) is 4.90 Å². The largest absolute Gasteiger partial charge is 0.480 e. The Balaban J connectivity index is 2.10. The minimum Gasteiger partial charge on any atom is -0.480 e. The highest BCUT2D eigenvalue weighted by Crippen LogP contribution is 2.46. The number of aromatic nitrogens is 3. The second-order valence-corrected chi connectivity index (χ2v) is 7.73. The van der Waals surface area contributed by atoms with E-state index >= 15 is 0 Å². The lowest BCUT2D eigenvalue weighted by atomic mass is 9.96. The van der Waals surface area contributed by atoms with Gasteiger partial charge < -0.3 is 10.0 Å². The summed E-state index contributed by atoms with van der Waals surface area (Å²) in [5.74, 6) is -1.78. The van der Waals surface area contributed by atoms with Crippen molar-refractivity contribution in [3.8, 4) is 0 Å². The van der Waals surface area contributed by atoms with Crippen LogP contribution in [-0.2, 0) is 26.0 Å². The molecule has 10 heteroatoms. The van der Waals surface area contributed by atoms with Crippen molar-refractivity contribution in [2.24, 2.45) is 0 Å². The zero-order valence-corrected chi connectivity index (χ0v) is 11.3. The SMILES string of the molecule is C[C@]1(Cn2ccnn2)[C@@H](C(=O)O)N2C(=O)C[C@H]2S1(=O)=O. The number of hydrogen-bond acceptors (Lipinski definition) is 6. The van der Waals surface area contributed by atoms with Crippen molar-refractivity contribution in [3.63, 3.8) is 0 Å². The second-order valence-electron chi connectivity index (χ2n) is 5.16. The van der Waals surface area contributed by atoms with Crippen LogP contribution in [0.5, 0.6) is 0 Å². The molecule has 1 N–H and O–H groups in total. The fourth-order valence-electron chi connectivity index (χ4n) is 2.93. The standard InChI is InChI=1S/C10H12N4O5S/c1-10(5-13-3-2-11-12-13)8(9(16)17)14-6(15)4-7(14)20(10,18)19/h2-3,7-8H,4-5H2,1H3,(H,16,17)/t7-,8-,10+/m1/s1. The molecule has 108 valence electrons. The molecule has 0 aromatic carbocycles. The van der Waals surface area contributed by atoms with Crippen LogP contribution in [0.25, 0.3) is 0 Å². The summed E-state index contributed by atoms with van der Waals surface area (Å²) >= 11 is 0. The number of nitrogens with zero attached hydrogens (tertiary/aromatic N) is 4. The number of aliphatic carboxylic acids is 1. The molecular formula is C10H12N4O5S. The Morgan fingerprint density at radius 1 is 1.60 bits per heavy atom. The lowest BCUT2D eigenvalue weighted by Gasteiger charge is -2.35. The summed E-state index contributed by atoms with van der Waals surface area (Å²) < 4.78 is 24.7. The Labute approximate surface area is 114 Å². The van der Waals surface area contributed by atoms with Gasteiger partial charge in [-0.25, -0.2) is 13.2 Å². The Kier molecular flexibility index (Phi) is 2.46. The van der Waals surface area contributed by atoms with Gasteiger partial charge in [-0.05, 0) is 6.92 Å². The summed E-state index contributed by atoms with van der Waals surface area (Å²) in [6, 6.07) is -1.40. The van der Waals surface area contributed by atoms with E-state index in [0.29, 0.717) is 0 Å². The van der Waals surface area contributed by atoms with E-state index < -0.39 is 37.9 Å². The summed E-state index contributed by atoms with van der Waals surface area (Å²) in [4.78, 5) is 24.0. The van der Waals surface area contributed by atoms with Gasteiger partial charge in [-0.3, -0.25) is 9.48 Å². The number of carbonyl (C=O) groups is 2. The van der Waals surface area contributed by atoms with Crippen LogP contribution in [0.1, 0.15) is 13.3 Å². The number of fused-ring (bicyclic) bond motifs is 1. The average Bonchev–Trinajstić information content (AvgIpc) is 2.87. The molecule has 2 saturated heterocycles. The van der Waals surface area contributed by atoms with E-state index in [1.165, 1.54) is 24.0 Å². The maximum atomic E-state index is 12.5. The van der Waals surface area contributed by atoms with Crippen LogP contribution in [0.15, 0.2) is 12.4 Å². The molecule has 1 aromatic heterocycles. The van der Waals surface area contributed by atoms with Crippen LogP contribution in [0.2, 0.25) is 0 Å². The lowest BCUT2D eigenvalue weighted by Crippen LogP contribution is -2.58. The molecule has 0 bridgehead atoms. The first kappa shape index (κ1) is 13.0. The molecule has 0 radical (unpaired) electrons. The van der Waals surface area contributed by atoms with Gasteiger partial charge in [0, 0.05) is 6.20 Å². The number of sulfone groups is 1. The van der Waals surface area contributed by atoms with E-state index in [4.69, 9.17) is 0 Å². The summed E-state index contributed by atoms with van der Waals surface area (Å²) in [6.45, 7) is 1.18. The minimum atomic E-state index is -3.80. The van der Waals surface area contributed by atoms with E-state index in [1.807, 2.05) is 0 Å². The summed E-state index contributed by atoms with van der Waals surface area (Å²) in [5.41, 5.74) is 0. The molecule has 0 saturated carbocycles. The minimum absolute atomic E-state index is 0.154. The molecule has 9 nitrogen and oxygen atoms in total. The van der Waals surface area contributed by atoms with Crippen LogP contribution >= 0.6 is 0 Å². The van der Waals surface area contributed by atoms with Gasteiger partial charge in [-0.15, -0.1) is 5.10 Å². The van der Waals surface area contributed by atoms with Crippen molar-refractivity contribution in [2.45, 2.75) is 36.1 Å². The molecule has 3 rings (SSSR count). The number of rotatable bonds is 3. The van der Waals surface area contributed by atoms with E-state index in [-0.39, 0.29) is 13.0 Å². The van der Waals surface area contributed by atoms with Gasteiger partial charge in [0.05, 0.1) is 19.2 Å². The van der Waals surface area contributed by atoms with Gasteiger partial charge in [-0.2, -0.15) is 0 Å². The number of carbonyl (C=O) groups excluding carboxylic acids is 1. The van der Waals surface area contributed by atoms with Crippen molar-refractivity contribution < 1.29 is 23.1 Å². The molecule has 3 heterocycles. The molecule has 0 unspecified atom stereocenters. The number of β-lactam (4-membered cyclic amide) rings is 1. The molecule has 0 aliphatic carbocycles. The van der Waals surface area contributed by atoms with E-state index in [9.17, 15) is 23.1 Å². The molecule has 0 spiro atoms. The maximum Gasteiger partial charge on any atom is 0.328 e. The second kappa shape index (κ2) is 3.78. The number of amides is 1. The van der Waals surface area contributed by atoms with E-state index in [1.54, 1.807) is 0 Å². The first-order valence-electron chi connectivity index (χ1n) is 5.90. The van der Waals surface area contributed by atoms with Crippen LogP contribution in [-0.4, -0.2) is 61.5 Å². The predicted molar refractivity (Wildman–Crippen MR) is 64.0 cm³/mol. The molecule has 2 aliphatic heterocycles. The molecule has 2 aliphatic rings. The normalized spacial score (nSPS) is 34.6. The van der Waals surface area contributed by atoms with Gasteiger partial charge in [-0.1, -0.05) is 5.21 Å². The monoisotopic (exact) mass is 300 g/mol. The number of hydrogen-bond donors (Lipinski definition) is 1. The van der Waals surface area contributed by atoms with Crippen molar-refractivity contribution >= 4 is 21.7 Å². The Hall–Kier alpha value is -1.97. The van der Waals surface area contributed by atoms with Gasteiger partial charge in [0.1, 0.15) is 10.1 Å². The van der Waals surface area contributed by atoms with Crippen LogP contribution in [0, 0.1) is 0 Å². The Morgan fingerprint density at radius 2 is 2.30 bits per heavy atom. The summed E-state index contributed by atoms with van der Waals surface area (Å²) in [5, 5.41) is 15.6. The summed E-state index contributed by atoms with van der Waals surface area (Å²) in [7, 11) is -3.80. The van der Waals surface area contributed by atoms with Crippen molar-refractivity contribution in [2.75, 3.05) is 0 Å². The van der Waals surface area contributed by atoms with Crippen molar-refractivity contribution in [1.82, 2.24) is 19.9 Å². The highest BCUT2D eigenvalue weighted by atomic mass is 32.2. The third kappa shape index (κ3) is 1.39. The van der Waals surface area contributed by atoms with Gasteiger partial charge in [0.15, 0.2) is 15.9 Å². The van der Waals surface area contributed by atoms with Crippen LogP contribution < -0.4 is 0 Å². The number of carboxylic acid groups (broad SMARTS) is 1. The van der Waals surface area contributed by atoms with Gasteiger partial charge >= 0.3 is 5.97 Å². The van der Waals surface area contributed by atoms with Crippen LogP contribution in [0.3, 0.4) is 0 Å². The maximum absolute atomic E-state index is 12.5. The molecule has 3 atom stereocenters. The first-order chi connectivity index (χ1) is 9.29. The third-order valence-corrected chi connectivity index (χ3v) is 6.76. The van der Waals surface area contributed by atoms with Crippen molar-refractivity contribution in [3.05, 3.63) is 12.4 Å². The van der Waals surface area contributed by atoms with Crippen LogP contribution in [0.4, 0.5) is 0 Å². The fraction of sp³-hybridized carbons (Fsp3) is 0.600. The topological polar surface area (TPSA) is 122 Å². The first-order valence-corrected chi connectivity index (χ1v) is 7.45. The molecule has 1 amide bonds. The molecule has 1 aromatic rings. The average molecular weight is 300 g/mol. The highest BCUT2D eigenvalue weighted by molar-refractivity contribution is 7.93. The highest BCUT2D eigenvalue weighted by Gasteiger charge is 2.70. The Bertz CT molecular complexity index is 685. The smallest absolute Gasteiger partial charge is 0.328 e. The predicted octanol–water partition coefficient (Wildman–Crippen LogP) is -1.52. The zero-order valence-electron chi connectivity index (χ0n) is 10.5. The quantitative estimate of drug-likeness (QED) is 0.672. The number of carboxylic acids is 1. The molecule has 20 heavy (non-hydrogen) atoms. The lowest BCUT2D eigenvalue weighted by molar-refractivity contribution is -0.157. The van der Waals surface area contributed by atoms with Gasteiger partial charge in [0.25, 0.3) is 0 Å². The van der Waals surface area contributed by atoms with Gasteiger partial charge in [0.2, 0.25) is 5.91 Å². The Morgan fingerprint density at radius 3 is 2.80 bits per heavy atom. The zero-order chi connectivity index (χ0) is 14.7. The molecular weight excluding hydrogens is 288 g/mol.